The zero-order valence-corrected chi connectivity index (χ0v) is 12.5. The van der Waals surface area contributed by atoms with Crippen LogP contribution in [-0.4, -0.2) is 48.8 Å². The normalized spacial score (nSPS) is 19.6. The van der Waals surface area contributed by atoms with Crippen LogP contribution in [0.3, 0.4) is 0 Å². The molecule has 112 valence electrons. The van der Waals surface area contributed by atoms with Crippen LogP contribution in [-0.2, 0) is 0 Å². The van der Waals surface area contributed by atoms with E-state index < -0.39 is 6.10 Å². The van der Waals surface area contributed by atoms with Crippen LogP contribution in [0, 0.1) is 0 Å². The third kappa shape index (κ3) is 3.95. The molecule has 0 saturated carbocycles. The summed E-state index contributed by atoms with van der Waals surface area (Å²) in [6, 6.07) is 7.96. The fourth-order valence-electron chi connectivity index (χ4n) is 2.55. The van der Waals surface area contributed by atoms with E-state index in [0.29, 0.717) is 0 Å². The number of piperazine rings is 1. The summed E-state index contributed by atoms with van der Waals surface area (Å²) in [7, 11) is 0. The first-order valence-corrected chi connectivity index (χ1v) is 7.58. The predicted molar refractivity (Wildman–Crippen MR) is 81.1 cm³/mol. The number of aliphatic hydroxyl groups is 1. The van der Waals surface area contributed by atoms with Crippen molar-refractivity contribution in [3.63, 3.8) is 0 Å². The second-order valence-electron chi connectivity index (χ2n) is 5.39. The van der Waals surface area contributed by atoms with Gasteiger partial charge in [-0.15, -0.1) is 0 Å². The van der Waals surface area contributed by atoms with E-state index >= 15 is 0 Å². The Bertz CT molecular complexity index is 388. The Hall–Kier alpha value is -1.10. The third-order valence-electron chi connectivity index (χ3n) is 3.88. The first kappa shape index (κ1) is 15.3. The molecule has 0 amide bonds. The Kier molecular flexibility index (Phi) is 5.83. The summed E-state index contributed by atoms with van der Waals surface area (Å²) in [4.78, 5) is 2.34. The quantitative estimate of drug-likeness (QED) is 0.833. The largest absolute Gasteiger partial charge is 0.494 e. The number of ether oxygens (including phenoxy) is 1. The highest BCUT2D eigenvalue weighted by atomic mass is 16.5. The number of hydrogen-bond donors (Lipinski definition) is 2. The van der Waals surface area contributed by atoms with Gasteiger partial charge in [-0.3, -0.25) is 4.90 Å². The summed E-state index contributed by atoms with van der Waals surface area (Å²) in [5.74, 6) is 0.873. The first-order valence-electron chi connectivity index (χ1n) is 7.58. The van der Waals surface area contributed by atoms with E-state index in [2.05, 4.69) is 24.1 Å². The molecule has 2 rings (SSSR count). The van der Waals surface area contributed by atoms with E-state index in [4.69, 9.17) is 4.74 Å². The Balaban J connectivity index is 1.95. The fourth-order valence-corrected chi connectivity index (χ4v) is 2.55. The highest BCUT2D eigenvalue weighted by Crippen LogP contribution is 2.23. The molecule has 1 saturated heterocycles. The monoisotopic (exact) mass is 278 g/mol. The molecule has 0 aliphatic carbocycles. The van der Waals surface area contributed by atoms with Crippen molar-refractivity contribution in [3.8, 4) is 5.75 Å². The number of nitrogens with zero attached hydrogens (tertiary/aromatic N) is 1. The smallest absolute Gasteiger partial charge is 0.119 e. The minimum absolute atomic E-state index is 0.138. The highest BCUT2D eigenvalue weighted by Gasteiger charge is 2.24. The summed E-state index contributed by atoms with van der Waals surface area (Å²) in [6.45, 7) is 8.91. The van der Waals surface area contributed by atoms with Gasteiger partial charge < -0.3 is 15.2 Å². The number of rotatable bonds is 6. The molecule has 4 nitrogen and oxygen atoms in total. The van der Waals surface area contributed by atoms with Gasteiger partial charge in [-0.05, 0) is 31.0 Å². The lowest BCUT2D eigenvalue weighted by molar-refractivity contribution is 0.0510. The van der Waals surface area contributed by atoms with E-state index in [1.165, 1.54) is 0 Å². The second-order valence-corrected chi connectivity index (χ2v) is 5.39. The van der Waals surface area contributed by atoms with Crippen molar-refractivity contribution in [1.82, 2.24) is 10.2 Å². The molecule has 1 aromatic carbocycles. The molecule has 1 aromatic rings. The Morgan fingerprint density at radius 1 is 1.25 bits per heavy atom. The molecule has 2 N–H and O–H groups in total. The van der Waals surface area contributed by atoms with Crippen molar-refractivity contribution in [2.45, 2.75) is 32.4 Å². The molecule has 1 aliphatic heterocycles. The van der Waals surface area contributed by atoms with Gasteiger partial charge in [-0.2, -0.15) is 0 Å². The van der Waals surface area contributed by atoms with Crippen LogP contribution >= 0.6 is 0 Å². The lowest BCUT2D eigenvalue weighted by Gasteiger charge is -2.35. The molecule has 4 heteroatoms. The highest BCUT2D eigenvalue weighted by molar-refractivity contribution is 5.29. The lowest BCUT2D eigenvalue weighted by atomic mass is 10.0. The van der Waals surface area contributed by atoms with E-state index in [9.17, 15) is 5.11 Å². The molecule has 0 bridgehead atoms. The van der Waals surface area contributed by atoms with Crippen LogP contribution < -0.4 is 10.1 Å². The summed E-state index contributed by atoms with van der Waals surface area (Å²) in [5.41, 5.74) is 0.958. The average molecular weight is 278 g/mol. The molecular formula is C16H26N2O2. The zero-order chi connectivity index (χ0) is 14.4. The minimum Gasteiger partial charge on any atom is -0.494 e. The molecule has 0 aromatic heterocycles. The van der Waals surface area contributed by atoms with Gasteiger partial charge >= 0.3 is 0 Å². The molecule has 1 fully saturated rings. The fraction of sp³-hybridized carbons (Fsp3) is 0.625. The van der Waals surface area contributed by atoms with Gasteiger partial charge in [0.25, 0.3) is 0 Å². The van der Waals surface area contributed by atoms with Crippen molar-refractivity contribution >= 4 is 0 Å². The standard InChI is InChI=1S/C16H26N2O2/c1-3-12-20-15-6-4-14(5-7-15)16(19)13(2)18-10-8-17-9-11-18/h4-7,13,16-17,19H,3,8-12H2,1-2H3. The zero-order valence-electron chi connectivity index (χ0n) is 12.5. The maximum atomic E-state index is 10.5. The van der Waals surface area contributed by atoms with E-state index in [-0.39, 0.29) is 6.04 Å². The van der Waals surface area contributed by atoms with Crippen LogP contribution in [0.5, 0.6) is 5.75 Å². The van der Waals surface area contributed by atoms with Crippen LogP contribution in [0.15, 0.2) is 24.3 Å². The molecule has 0 spiro atoms. The molecular weight excluding hydrogens is 252 g/mol. The lowest BCUT2D eigenvalue weighted by Crippen LogP contribution is -2.49. The summed E-state index contributed by atoms with van der Waals surface area (Å²) >= 11 is 0. The Morgan fingerprint density at radius 3 is 2.50 bits per heavy atom. The van der Waals surface area contributed by atoms with Crippen LogP contribution in [0.25, 0.3) is 0 Å². The molecule has 2 atom stereocenters. The van der Waals surface area contributed by atoms with Gasteiger partial charge in [-0.1, -0.05) is 19.1 Å². The first-order chi connectivity index (χ1) is 9.72. The topological polar surface area (TPSA) is 44.7 Å². The van der Waals surface area contributed by atoms with Crippen LogP contribution in [0.4, 0.5) is 0 Å². The summed E-state index contributed by atoms with van der Waals surface area (Å²) in [6.07, 6.45) is 0.554. The van der Waals surface area contributed by atoms with Crippen molar-refractivity contribution in [2.75, 3.05) is 32.8 Å². The summed E-state index contributed by atoms with van der Waals surface area (Å²) < 4.78 is 5.57. The predicted octanol–water partition coefficient (Wildman–Crippen LogP) is 1.80. The van der Waals surface area contributed by atoms with Gasteiger partial charge in [0.15, 0.2) is 0 Å². The minimum atomic E-state index is -0.451. The number of hydrogen-bond acceptors (Lipinski definition) is 4. The van der Waals surface area contributed by atoms with Crippen LogP contribution in [0.1, 0.15) is 31.9 Å². The Morgan fingerprint density at radius 2 is 1.90 bits per heavy atom. The maximum absolute atomic E-state index is 10.5. The van der Waals surface area contributed by atoms with Gasteiger partial charge in [0.1, 0.15) is 5.75 Å². The third-order valence-corrected chi connectivity index (χ3v) is 3.88. The SMILES string of the molecule is CCCOc1ccc(C(O)C(C)N2CCNCC2)cc1. The van der Waals surface area contributed by atoms with E-state index in [1.807, 2.05) is 24.3 Å². The molecule has 1 aliphatic rings. The van der Waals surface area contributed by atoms with Gasteiger partial charge in [0.05, 0.1) is 12.7 Å². The van der Waals surface area contributed by atoms with Crippen molar-refractivity contribution < 1.29 is 9.84 Å². The molecule has 2 unspecified atom stereocenters. The molecule has 20 heavy (non-hydrogen) atoms. The van der Waals surface area contributed by atoms with Crippen molar-refractivity contribution in [2.24, 2.45) is 0 Å². The summed E-state index contributed by atoms with van der Waals surface area (Å²) in [5, 5.41) is 13.8. The maximum Gasteiger partial charge on any atom is 0.119 e. The van der Waals surface area contributed by atoms with Gasteiger partial charge in [0, 0.05) is 32.2 Å². The number of nitrogens with one attached hydrogen (secondary N) is 1. The number of aliphatic hydroxyl groups excluding tert-OH is 1. The van der Waals surface area contributed by atoms with E-state index in [0.717, 1.165) is 50.5 Å². The molecule has 0 radical (unpaired) electrons. The van der Waals surface area contributed by atoms with Gasteiger partial charge in [0.2, 0.25) is 0 Å². The van der Waals surface area contributed by atoms with Gasteiger partial charge in [-0.25, -0.2) is 0 Å². The van der Waals surface area contributed by atoms with E-state index in [1.54, 1.807) is 0 Å². The average Bonchev–Trinajstić information content (AvgIpc) is 2.53. The number of benzene rings is 1. The van der Waals surface area contributed by atoms with Crippen LogP contribution in [0.2, 0.25) is 0 Å². The van der Waals surface area contributed by atoms with Crippen molar-refractivity contribution in [1.29, 1.82) is 0 Å². The Labute approximate surface area is 121 Å². The molecule has 1 heterocycles. The second kappa shape index (κ2) is 7.62. The van der Waals surface area contributed by atoms with Crippen molar-refractivity contribution in [3.05, 3.63) is 29.8 Å².